The second kappa shape index (κ2) is 2.27. The van der Waals surface area contributed by atoms with Crippen LogP contribution in [-0.2, 0) is 0 Å². The minimum Gasteiger partial charge on any atom is -0.256 e. The summed E-state index contributed by atoms with van der Waals surface area (Å²) >= 11 is 0. The predicted molar refractivity (Wildman–Crippen MR) is 40.6 cm³/mol. The van der Waals surface area contributed by atoms with E-state index in [-0.39, 0.29) is 5.54 Å². The van der Waals surface area contributed by atoms with E-state index in [1.54, 1.807) is 6.20 Å². The highest BCUT2D eigenvalue weighted by atomic mass is 15.5. The Balaban J connectivity index is 2.77. The van der Waals surface area contributed by atoms with Gasteiger partial charge in [0, 0.05) is 6.20 Å². The minimum absolute atomic E-state index is 0.0272. The van der Waals surface area contributed by atoms with Crippen LogP contribution >= 0.6 is 0 Å². The van der Waals surface area contributed by atoms with Gasteiger partial charge in [0.05, 0.1) is 11.7 Å². The Morgan fingerprint density at radius 1 is 1.40 bits per heavy atom. The molecule has 3 heteroatoms. The summed E-state index contributed by atoms with van der Waals surface area (Å²) in [5, 5.41) is 5.75. The Bertz CT molecular complexity index is 203. The fourth-order valence-electron chi connectivity index (χ4n) is 0.611. The Morgan fingerprint density at radius 3 is 2.40 bits per heavy atom. The van der Waals surface area contributed by atoms with E-state index in [0.717, 1.165) is 0 Å². The van der Waals surface area contributed by atoms with Gasteiger partial charge in [0.25, 0.3) is 0 Å². The molecule has 1 heterocycles. The molecular formula is C7H11N3. The summed E-state index contributed by atoms with van der Waals surface area (Å²) in [4.78, 5) is 3.70. The zero-order chi connectivity index (χ0) is 7.61. The van der Waals surface area contributed by atoms with E-state index in [4.69, 9.17) is 0 Å². The molecule has 0 aromatic rings. The summed E-state index contributed by atoms with van der Waals surface area (Å²) in [5.41, 5.74) is 0.0272. The smallest absolute Gasteiger partial charge is 0.120 e. The molecule has 0 amide bonds. The first-order chi connectivity index (χ1) is 4.61. The largest absolute Gasteiger partial charge is 0.256 e. The van der Waals surface area contributed by atoms with Crippen LogP contribution in [0.1, 0.15) is 20.8 Å². The van der Waals surface area contributed by atoms with E-state index in [1.165, 1.54) is 0 Å². The van der Waals surface area contributed by atoms with Gasteiger partial charge in [-0.2, -0.15) is 4.99 Å². The highest BCUT2D eigenvalue weighted by Crippen LogP contribution is 2.14. The van der Waals surface area contributed by atoms with E-state index in [0.29, 0.717) is 0 Å². The fourth-order valence-corrected chi connectivity index (χ4v) is 0.611. The second-order valence-corrected chi connectivity index (χ2v) is 3.14. The van der Waals surface area contributed by atoms with E-state index < -0.39 is 0 Å². The Kier molecular flexibility index (Phi) is 1.60. The zero-order valence-electron chi connectivity index (χ0n) is 6.50. The molecule has 0 N–H and O–H groups in total. The van der Waals surface area contributed by atoms with Crippen molar-refractivity contribution in [1.82, 2.24) is 5.01 Å². The first-order valence-corrected chi connectivity index (χ1v) is 3.22. The van der Waals surface area contributed by atoms with Gasteiger partial charge >= 0.3 is 0 Å². The molecule has 0 spiro atoms. The lowest BCUT2D eigenvalue weighted by Gasteiger charge is -2.28. The van der Waals surface area contributed by atoms with Gasteiger partial charge in [0.15, 0.2) is 0 Å². The molecule has 0 saturated carbocycles. The van der Waals surface area contributed by atoms with Crippen LogP contribution < -0.4 is 0 Å². The third-order valence-electron chi connectivity index (χ3n) is 1.18. The molecule has 10 heavy (non-hydrogen) atoms. The van der Waals surface area contributed by atoms with Crippen molar-refractivity contribution in [2.24, 2.45) is 10.1 Å². The summed E-state index contributed by atoms with van der Waals surface area (Å²) in [6, 6.07) is 2.53. The van der Waals surface area contributed by atoms with E-state index in [2.05, 4.69) is 36.9 Å². The third kappa shape index (κ3) is 1.45. The topological polar surface area (TPSA) is 28.0 Å². The van der Waals surface area contributed by atoms with Crippen molar-refractivity contribution in [3.63, 3.8) is 0 Å². The zero-order valence-corrected chi connectivity index (χ0v) is 6.50. The molecule has 0 atom stereocenters. The molecular weight excluding hydrogens is 126 g/mol. The van der Waals surface area contributed by atoms with Gasteiger partial charge in [-0.05, 0) is 20.8 Å². The van der Waals surface area contributed by atoms with Crippen LogP contribution in [0.15, 0.2) is 22.5 Å². The van der Waals surface area contributed by atoms with Crippen molar-refractivity contribution in [1.29, 1.82) is 0 Å². The Morgan fingerprint density at radius 2 is 2.10 bits per heavy atom. The molecule has 1 aliphatic heterocycles. The van der Waals surface area contributed by atoms with Crippen LogP contribution in [0.4, 0.5) is 0 Å². The molecule has 0 bridgehead atoms. The minimum atomic E-state index is 0.0272. The van der Waals surface area contributed by atoms with Gasteiger partial charge in [-0.25, -0.2) is 0 Å². The quantitative estimate of drug-likeness (QED) is 0.499. The molecule has 0 fully saturated rings. The van der Waals surface area contributed by atoms with Crippen molar-refractivity contribution in [2.75, 3.05) is 0 Å². The summed E-state index contributed by atoms with van der Waals surface area (Å²) in [6.07, 6.45) is 3.51. The highest BCUT2D eigenvalue weighted by molar-refractivity contribution is 5.43. The van der Waals surface area contributed by atoms with E-state index in [9.17, 15) is 0 Å². The lowest BCUT2D eigenvalue weighted by molar-refractivity contribution is 0.214. The number of nitrogens with zero attached hydrogens (tertiary/aromatic N) is 3. The van der Waals surface area contributed by atoms with Gasteiger partial charge in [-0.3, -0.25) is 5.01 Å². The number of hydrogen-bond acceptors (Lipinski definition) is 3. The van der Waals surface area contributed by atoms with Crippen molar-refractivity contribution in [2.45, 2.75) is 26.3 Å². The first kappa shape index (κ1) is 7.03. The Labute approximate surface area is 60.8 Å². The van der Waals surface area contributed by atoms with Gasteiger partial charge in [-0.1, -0.05) is 0 Å². The van der Waals surface area contributed by atoms with Crippen LogP contribution in [0.25, 0.3) is 0 Å². The van der Waals surface area contributed by atoms with Crippen molar-refractivity contribution in [3.8, 4) is 0 Å². The standard InChI is InChI=1S/C7H11N3/c1-7(2,3)10-5-4-8-6-9-10/h4-5H,1-3H3. The summed E-state index contributed by atoms with van der Waals surface area (Å²) in [7, 11) is 0. The van der Waals surface area contributed by atoms with Gasteiger partial charge in [0.2, 0.25) is 0 Å². The lowest BCUT2D eigenvalue weighted by atomic mass is 10.1. The third-order valence-corrected chi connectivity index (χ3v) is 1.18. The van der Waals surface area contributed by atoms with Gasteiger partial charge in [0.1, 0.15) is 6.01 Å². The molecule has 0 aromatic heterocycles. The van der Waals surface area contributed by atoms with Crippen LogP contribution in [0.5, 0.6) is 0 Å². The van der Waals surface area contributed by atoms with Gasteiger partial charge in [-0.15, -0.1) is 5.10 Å². The van der Waals surface area contributed by atoms with E-state index in [1.807, 2.05) is 11.2 Å². The maximum absolute atomic E-state index is 3.93. The van der Waals surface area contributed by atoms with Crippen molar-refractivity contribution in [3.05, 3.63) is 12.4 Å². The monoisotopic (exact) mass is 137 g/mol. The molecule has 1 aliphatic rings. The van der Waals surface area contributed by atoms with Crippen molar-refractivity contribution < 1.29 is 0 Å². The summed E-state index contributed by atoms with van der Waals surface area (Å²) < 4.78 is 0. The van der Waals surface area contributed by atoms with Gasteiger partial charge < -0.3 is 0 Å². The average Bonchev–Trinajstić information content (AvgIpc) is 1.88. The lowest BCUT2D eigenvalue weighted by Crippen LogP contribution is -2.33. The molecule has 0 saturated heterocycles. The van der Waals surface area contributed by atoms with Crippen LogP contribution in [0.2, 0.25) is 0 Å². The Hall–Kier alpha value is -1.08. The van der Waals surface area contributed by atoms with Crippen LogP contribution in [0, 0.1) is 0 Å². The fraction of sp³-hybridized carbons (Fsp3) is 0.571. The normalized spacial score (nSPS) is 16.5. The number of hydrazone groups is 1. The second-order valence-electron chi connectivity index (χ2n) is 3.14. The maximum atomic E-state index is 3.93. The van der Waals surface area contributed by atoms with E-state index >= 15 is 0 Å². The van der Waals surface area contributed by atoms with Crippen LogP contribution in [0.3, 0.4) is 0 Å². The maximum Gasteiger partial charge on any atom is 0.120 e. The molecule has 0 radical (unpaired) electrons. The molecule has 0 unspecified atom stereocenters. The molecule has 3 nitrogen and oxygen atoms in total. The van der Waals surface area contributed by atoms with Crippen molar-refractivity contribution >= 4 is 6.01 Å². The number of rotatable bonds is 0. The van der Waals surface area contributed by atoms with Crippen LogP contribution in [-0.4, -0.2) is 16.6 Å². The predicted octanol–water partition coefficient (Wildman–Crippen LogP) is 1.66. The first-order valence-electron chi connectivity index (χ1n) is 3.22. The number of aliphatic imine (C=N–C) groups is 1. The molecule has 0 aliphatic carbocycles. The molecule has 1 rings (SSSR count). The average molecular weight is 137 g/mol. The molecule has 54 valence electrons. The molecule has 0 aromatic carbocycles. The highest BCUT2D eigenvalue weighted by Gasteiger charge is 2.17. The SMILES string of the molecule is CC(C)(C)N1C=CN=C=N1. The summed E-state index contributed by atoms with van der Waals surface area (Å²) in [5.74, 6) is 0. The summed E-state index contributed by atoms with van der Waals surface area (Å²) in [6.45, 7) is 6.23. The number of hydrogen-bond donors (Lipinski definition) is 0.